The highest BCUT2D eigenvalue weighted by Gasteiger charge is 2.42. The molecule has 2 amide bonds. The monoisotopic (exact) mass is 304 g/mol. The number of allylic oxidation sites excluding steroid dienone is 1. The molecule has 3 rings (SSSR count). The summed E-state index contributed by atoms with van der Waals surface area (Å²) in [4.78, 5) is 26.1. The van der Waals surface area contributed by atoms with Crippen LogP contribution < -0.4 is 5.32 Å². The fourth-order valence-electron chi connectivity index (χ4n) is 2.85. The van der Waals surface area contributed by atoms with Gasteiger partial charge >= 0.3 is 12.0 Å². The van der Waals surface area contributed by atoms with Gasteiger partial charge in [0.05, 0.1) is 18.7 Å². The van der Waals surface area contributed by atoms with Gasteiger partial charge in [-0.2, -0.15) is 0 Å². The number of amides is 2. The predicted molar refractivity (Wildman–Crippen MR) is 77.2 cm³/mol. The zero-order chi connectivity index (χ0) is 15.9. The summed E-state index contributed by atoms with van der Waals surface area (Å²) in [6.45, 7) is 1.71. The Morgan fingerprint density at radius 3 is 2.64 bits per heavy atom. The van der Waals surface area contributed by atoms with Crippen molar-refractivity contribution >= 4 is 12.0 Å². The zero-order valence-electron chi connectivity index (χ0n) is 12.4. The van der Waals surface area contributed by atoms with Crippen LogP contribution in [0.4, 0.5) is 9.18 Å². The number of nitrogens with one attached hydrogen (secondary N) is 1. The number of esters is 1. The lowest BCUT2D eigenvalue weighted by molar-refractivity contribution is -0.136. The molecule has 1 aromatic rings. The Morgan fingerprint density at radius 1 is 1.36 bits per heavy atom. The normalized spacial score (nSPS) is 21.7. The molecule has 1 saturated carbocycles. The Labute approximate surface area is 127 Å². The maximum Gasteiger partial charge on any atom is 0.337 e. The van der Waals surface area contributed by atoms with Gasteiger partial charge in [0, 0.05) is 17.3 Å². The Kier molecular flexibility index (Phi) is 3.60. The van der Waals surface area contributed by atoms with E-state index in [1.54, 1.807) is 30.0 Å². The average Bonchev–Trinajstić information content (AvgIpc) is 3.31. The van der Waals surface area contributed by atoms with Crippen LogP contribution in [0.25, 0.3) is 0 Å². The number of benzene rings is 1. The molecule has 1 atom stereocenters. The van der Waals surface area contributed by atoms with E-state index in [-0.39, 0.29) is 23.2 Å². The van der Waals surface area contributed by atoms with Crippen molar-refractivity contribution in [3.63, 3.8) is 0 Å². The van der Waals surface area contributed by atoms with Crippen molar-refractivity contribution in [2.24, 2.45) is 0 Å². The number of ether oxygens (including phenoxy) is 1. The first-order valence-electron chi connectivity index (χ1n) is 7.17. The van der Waals surface area contributed by atoms with Gasteiger partial charge in [0.2, 0.25) is 0 Å². The summed E-state index contributed by atoms with van der Waals surface area (Å²) in [5.74, 6) is -1.03. The molecule has 1 aromatic carbocycles. The quantitative estimate of drug-likeness (QED) is 0.873. The average molecular weight is 304 g/mol. The zero-order valence-corrected chi connectivity index (χ0v) is 12.4. The summed E-state index contributed by atoms with van der Waals surface area (Å²) in [5, 5.41) is 2.73. The molecule has 0 bridgehead atoms. The Bertz CT molecular complexity index is 667. The highest BCUT2D eigenvalue weighted by molar-refractivity contribution is 5.95. The number of hydrogen-bond donors (Lipinski definition) is 1. The van der Waals surface area contributed by atoms with Crippen molar-refractivity contribution in [3.05, 3.63) is 46.9 Å². The standard InChI is InChI=1S/C16H17FN2O3/c1-9-13(15(20)22-2)14(11-5-3-4-6-12(11)17)18-16(21)19(9)10-7-8-10/h3-6,10,14H,7-8H2,1-2H3,(H,18,21). The number of urea groups is 1. The van der Waals surface area contributed by atoms with Gasteiger partial charge in [-0.15, -0.1) is 0 Å². The van der Waals surface area contributed by atoms with E-state index in [1.807, 2.05) is 0 Å². The molecule has 2 aliphatic rings. The maximum absolute atomic E-state index is 14.1. The predicted octanol–water partition coefficient (Wildman–Crippen LogP) is 2.50. The Balaban J connectivity index is 2.11. The fourth-order valence-corrected chi connectivity index (χ4v) is 2.85. The summed E-state index contributed by atoms with van der Waals surface area (Å²) in [5.41, 5.74) is 1.07. The molecule has 1 N–H and O–H groups in total. The molecule has 0 spiro atoms. The first-order valence-corrected chi connectivity index (χ1v) is 7.17. The SMILES string of the molecule is COC(=O)C1=C(C)N(C2CC2)C(=O)NC1c1ccccc1F. The first-order chi connectivity index (χ1) is 10.5. The number of halogens is 1. The molecule has 0 aromatic heterocycles. The molecule has 5 nitrogen and oxygen atoms in total. The van der Waals surface area contributed by atoms with Crippen LogP contribution in [0.3, 0.4) is 0 Å². The molecule has 0 radical (unpaired) electrons. The van der Waals surface area contributed by atoms with Crippen LogP contribution >= 0.6 is 0 Å². The lowest BCUT2D eigenvalue weighted by atomic mass is 9.94. The van der Waals surface area contributed by atoms with Gasteiger partial charge in [0.1, 0.15) is 5.82 Å². The third-order valence-corrected chi connectivity index (χ3v) is 4.06. The van der Waals surface area contributed by atoms with Gasteiger partial charge in [-0.25, -0.2) is 14.0 Å². The molecule has 0 saturated heterocycles. The van der Waals surface area contributed by atoms with E-state index in [4.69, 9.17) is 4.74 Å². The van der Waals surface area contributed by atoms with Crippen LogP contribution in [-0.4, -0.2) is 30.1 Å². The lowest BCUT2D eigenvalue weighted by Crippen LogP contribution is -2.49. The van der Waals surface area contributed by atoms with Gasteiger partial charge < -0.3 is 10.1 Å². The molecule has 22 heavy (non-hydrogen) atoms. The van der Waals surface area contributed by atoms with Gasteiger partial charge in [-0.05, 0) is 25.8 Å². The lowest BCUT2D eigenvalue weighted by Gasteiger charge is -2.35. The first kappa shape index (κ1) is 14.6. The molecule has 116 valence electrons. The van der Waals surface area contributed by atoms with Crippen LogP contribution in [-0.2, 0) is 9.53 Å². The summed E-state index contributed by atoms with van der Waals surface area (Å²) < 4.78 is 18.9. The van der Waals surface area contributed by atoms with Gasteiger partial charge in [0.25, 0.3) is 0 Å². The Hall–Kier alpha value is -2.37. The number of rotatable bonds is 3. The molecule has 6 heteroatoms. The molecule has 1 unspecified atom stereocenters. The Morgan fingerprint density at radius 2 is 2.05 bits per heavy atom. The number of carbonyl (C=O) groups excluding carboxylic acids is 2. The second-order valence-electron chi connectivity index (χ2n) is 5.50. The summed E-state index contributed by atoms with van der Waals surface area (Å²) in [7, 11) is 1.28. The van der Waals surface area contributed by atoms with E-state index in [0.717, 1.165) is 12.8 Å². The van der Waals surface area contributed by atoms with Gasteiger partial charge in [-0.1, -0.05) is 18.2 Å². The van der Waals surface area contributed by atoms with Crippen molar-refractivity contribution in [1.29, 1.82) is 0 Å². The second kappa shape index (κ2) is 5.44. The van der Waals surface area contributed by atoms with Gasteiger partial charge in [-0.3, -0.25) is 4.90 Å². The van der Waals surface area contributed by atoms with E-state index in [2.05, 4.69) is 5.32 Å². The van der Waals surface area contributed by atoms with E-state index in [0.29, 0.717) is 5.70 Å². The van der Waals surface area contributed by atoms with E-state index >= 15 is 0 Å². The highest BCUT2D eigenvalue weighted by atomic mass is 19.1. The van der Waals surface area contributed by atoms with Crippen LogP contribution in [0, 0.1) is 5.82 Å². The van der Waals surface area contributed by atoms with Gasteiger partial charge in [0.15, 0.2) is 0 Å². The van der Waals surface area contributed by atoms with Crippen molar-refractivity contribution < 1.29 is 18.7 Å². The van der Waals surface area contributed by atoms with Crippen LogP contribution in [0.1, 0.15) is 31.4 Å². The minimum Gasteiger partial charge on any atom is -0.466 e. The summed E-state index contributed by atoms with van der Waals surface area (Å²) in [6.07, 6.45) is 1.81. The number of hydrogen-bond acceptors (Lipinski definition) is 3. The number of carbonyl (C=O) groups is 2. The molecular formula is C16H17FN2O3. The minimum absolute atomic E-state index is 0.112. The summed E-state index contributed by atoms with van der Waals surface area (Å²) >= 11 is 0. The highest BCUT2D eigenvalue weighted by Crippen LogP contribution is 2.38. The molecule has 1 aliphatic carbocycles. The second-order valence-corrected chi connectivity index (χ2v) is 5.50. The minimum atomic E-state index is -0.837. The maximum atomic E-state index is 14.1. The summed E-state index contributed by atoms with van der Waals surface area (Å²) in [6, 6.07) is 5.07. The molecule has 1 fully saturated rings. The topological polar surface area (TPSA) is 58.6 Å². The van der Waals surface area contributed by atoms with Crippen molar-refractivity contribution in [2.45, 2.75) is 31.8 Å². The molecule has 1 heterocycles. The molecule has 1 aliphatic heterocycles. The van der Waals surface area contributed by atoms with E-state index in [9.17, 15) is 14.0 Å². The van der Waals surface area contributed by atoms with Crippen molar-refractivity contribution in [3.8, 4) is 0 Å². The van der Waals surface area contributed by atoms with E-state index in [1.165, 1.54) is 13.2 Å². The molecular weight excluding hydrogens is 287 g/mol. The van der Waals surface area contributed by atoms with Crippen molar-refractivity contribution in [2.75, 3.05) is 7.11 Å². The fraction of sp³-hybridized carbons (Fsp3) is 0.375. The number of methoxy groups -OCH3 is 1. The van der Waals surface area contributed by atoms with E-state index < -0.39 is 17.8 Å². The third kappa shape index (κ3) is 2.34. The largest absolute Gasteiger partial charge is 0.466 e. The number of nitrogens with zero attached hydrogens (tertiary/aromatic N) is 1. The smallest absolute Gasteiger partial charge is 0.337 e. The third-order valence-electron chi connectivity index (χ3n) is 4.06. The van der Waals surface area contributed by atoms with Crippen molar-refractivity contribution in [1.82, 2.24) is 10.2 Å². The van der Waals surface area contributed by atoms with Crippen LogP contribution in [0.2, 0.25) is 0 Å². The van der Waals surface area contributed by atoms with Crippen LogP contribution in [0.5, 0.6) is 0 Å². The van der Waals surface area contributed by atoms with Crippen LogP contribution in [0.15, 0.2) is 35.5 Å².